The van der Waals surface area contributed by atoms with Crippen LogP contribution in [-0.4, -0.2) is 17.1 Å². The van der Waals surface area contributed by atoms with Gasteiger partial charge in [0, 0.05) is 5.69 Å². The number of hydrogen-bond acceptors (Lipinski definition) is 2. The molecule has 0 heterocycles. The number of aliphatic carboxylic acids is 1. The van der Waals surface area contributed by atoms with E-state index in [1.54, 1.807) is 0 Å². The first-order valence-corrected chi connectivity index (χ1v) is 6.64. The Labute approximate surface area is 109 Å². The minimum Gasteiger partial charge on any atom is -0.480 e. The lowest BCUT2D eigenvalue weighted by atomic mass is 10.0. The van der Waals surface area contributed by atoms with Gasteiger partial charge in [0.1, 0.15) is 6.04 Å². The highest BCUT2D eigenvalue weighted by atomic mass is 16.4. The minimum atomic E-state index is -0.779. The zero-order valence-electron chi connectivity index (χ0n) is 11.4. The topological polar surface area (TPSA) is 49.3 Å². The largest absolute Gasteiger partial charge is 0.480 e. The molecule has 3 heteroatoms. The Kier molecular flexibility index (Phi) is 5.69. The fourth-order valence-corrected chi connectivity index (χ4v) is 1.85. The van der Waals surface area contributed by atoms with Gasteiger partial charge in [0.15, 0.2) is 0 Å². The normalized spacial score (nSPS) is 12.4. The van der Waals surface area contributed by atoms with Gasteiger partial charge in [-0.1, -0.05) is 45.7 Å². The molecule has 0 fully saturated rings. The second kappa shape index (κ2) is 7.04. The summed E-state index contributed by atoms with van der Waals surface area (Å²) in [5, 5.41) is 12.3. The first kappa shape index (κ1) is 14.6. The van der Waals surface area contributed by atoms with Crippen molar-refractivity contribution in [2.75, 3.05) is 5.32 Å². The number of rotatable bonds is 7. The van der Waals surface area contributed by atoms with Crippen molar-refractivity contribution in [1.82, 2.24) is 0 Å². The number of carbonyl (C=O) groups is 1. The first-order valence-electron chi connectivity index (χ1n) is 6.64. The van der Waals surface area contributed by atoms with Crippen LogP contribution in [0.3, 0.4) is 0 Å². The molecule has 0 radical (unpaired) electrons. The molecule has 0 saturated heterocycles. The second-order valence-electron chi connectivity index (χ2n) is 4.96. The Morgan fingerprint density at radius 2 is 2.11 bits per heavy atom. The number of benzene rings is 1. The van der Waals surface area contributed by atoms with Crippen LogP contribution in [-0.2, 0) is 4.79 Å². The van der Waals surface area contributed by atoms with Crippen LogP contribution in [0.1, 0.15) is 51.5 Å². The molecule has 0 aliphatic rings. The number of carboxylic acid groups (broad SMARTS) is 1. The van der Waals surface area contributed by atoms with Crippen molar-refractivity contribution in [3.63, 3.8) is 0 Å². The number of anilines is 1. The van der Waals surface area contributed by atoms with E-state index in [0.29, 0.717) is 12.3 Å². The van der Waals surface area contributed by atoms with E-state index in [2.05, 4.69) is 32.2 Å². The van der Waals surface area contributed by atoms with Crippen molar-refractivity contribution >= 4 is 11.7 Å². The summed E-state index contributed by atoms with van der Waals surface area (Å²) in [6.07, 6.45) is 2.60. The molecule has 1 rings (SSSR count). The van der Waals surface area contributed by atoms with Crippen molar-refractivity contribution in [3.05, 3.63) is 29.8 Å². The van der Waals surface area contributed by atoms with Gasteiger partial charge in [0.25, 0.3) is 0 Å². The molecule has 0 saturated carbocycles. The fraction of sp³-hybridized carbons (Fsp3) is 0.533. The Bertz CT molecular complexity index is 388. The number of unbranched alkanes of at least 4 members (excludes halogenated alkanes) is 1. The van der Waals surface area contributed by atoms with E-state index < -0.39 is 12.0 Å². The van der Waals surface area contributed by atoms with Gasteiger partial charge in [-0.15, -0.1) is 0 Å². The number of carboxylic acids is 1. The molecule has 2 N–H and O–H groups in total. The van der Waals surface area contributed by atoms with E-state index in [4.69, 9.17) is 0 Å². The molecule has 0 spiro atoms. The van der Waals surface area contributed by atoms with Crippen molar-refractivity contribution in [3.8, 4) is 0 Å². The van der Waals surface area contributed by atoms with Crippen molar-refractivity contribution < 1.29 is 9.90 Å². The fourth-order valence-electron chi connectivity index (χ4n) is 1.85. The van der Waals surface area contributed by atoms with Crippen LogP contribution in [0.25, 0.3) is 0 Å². The Morgan fingerprint density at radius 3 is 2.67 bits per heavy atom. The molecule has 0 aromatic heterocycles. The van der Waals surface area contributed by atoms with Crippen LogP contribution < -0.4 is 5.32 Å². The van der Waals surface area contributed by atoms with E-state index >= 15 is 0 Å². The van der Waals surface area contributed by atoms with Crippen molar-refractivity contribution in [1.29, 1.82) is 0 Å². The summed E-state index contributed by atoms with van der Waals surface area (Å²) in [5.41, 5.74) is 2.12. The van der Waals surface area contributed by atoms with E-state index in [0.717, 1.165) is 18.5 Å². The minimum absolute atomic E-state index is 0.450. The third kappa shape index (κ3) is 4.40. The zero-order chi connectivity index (χ0) is 13.5. The van der Waals surface area contributed by atoms with E-state index in [-0.39, 0.29) is 0 Å². The highest BCUT2D eigenvalue weighted by molar-refractivity contribution is 5.77. The predicted molar refractivity (Wildman–Crippen MR) is 75.1 cm³/mol. The molecule has 1 unspecified atom stereocenters. The highest BCUT2D eigenvalue weighted by Gasteiger charge is 2.16. The smallest absolute Gasteiger partial charge is 0.326 e. The molecular weight excluding hydrogens is 226 g/mol. The summed E-state index contributed by atoms with van der Waals surface area (Å²) < 4.78 is 0. The molecule has 100 valence electrons. The summed E-state index contributed by atoms with van der Waals surface area (Å²) in [7, 11) is 0. The second-order valence-corrected chi connectivity index (χ2v) is 4.96. The summed E-state index contributed by atoms with van der Waals surface area (Å²) in [5.74, 6) is -0.330. The SMILES string of the molecule is CCCCC(Nc1cccc(C(C)C)c1)C(=O)O. The quantitative estimate of drug-likeness (QED) is 0.771. The zero-order valence-corrected chi connectivity index (χ0v) is 11.4. The molecule has 3 nitrogen and oxygen atoms in total. The summed E-state index contributed by atoms with van der Waals surface area (Å²) in [6, 6.07) is 7.50. The van der Waals surface area contributed by atoms with Gasteiger partial charge < -0.3 is 10.4 Å². The van der Waals surface area contributed by atoms with Crippen molar-refractivity contribution in [2.45, 2.75) is 52.0 Å². The number of hydrogen-bond donors (Lipinski definition) is 2. The van der Waals surface area contributed by atoms with E-state index in [1.165, 1.54) is 5.56 Å². The maximum absolute atomic E-state index is 11.2. The molecule has 18 heavy (non-hydrogen) atoms. The third-order valence-corrected chi connectivity index (χ3v) is 3.04. The van der Waals surface area contributed by atoms with Crippen LogP contribution in [0.4, 0.5) is 5.69 Å². The van der Waals surface area contributed by atoms with E-state index in [1.807, 2.05) is 18.2 Å². The molecule has 1 atom stereocenters. The third-order valence-electron chi connectivity index (χ3n) is 3.04. The van der Waals surface area contributed by atoms with Gasteiger partial charge in [-0.2, -0.15) is 0 Å². The lowest BCUT2D eigenvalue weighted by molar-refractivity contribution is -0.138. The van der Waals surface area contributed by atoms with Gasteiger partial charge in [0.2, 0.25) is 0 Å². The lowest BCUT2D eigenvalue weighted by Gasteiger charge is -2.16. The molecule has 0 aliphatic carbocycles. The maximum atomic E-state index is 11.2. The van der Waals surface area contributed by atoms with Crippen LogP contribution in [0.5, 0.6) is 0 Å². The van der Waals surface area contributed by atoms with Crippen LogP contribution in [0.2, 0.25) is 0 Å². The lowest BCUT2D eigenvalue weighted by Crippen LogP contribution is -2.29. The maximum Gasteiger partial charge on any atom is 0.326 e. The van der Waals surface area contributed by atoms with Crippen LogP contribution in [0.15, 0.2) is 24.3 Å². The Morgan fingerprint density at radius 1 is 1.39 bits per heavy atom. The Hall–Kier alpha value is -1.51. The predicted octanol–water partition coefficient (Wildman–Crippen LogP) is 3.87. The van der Waals surface area contributed by atoms with Gasteiger partial charge in [-0.3, -0.25) is 0 Å². The van der Waals surface area contributed by atoms with Gasteiger partial charge in [-0.25, -0.2) is 4.79 Å². The van der Waals surface area contributed by atoms with Crippen LogP contribution in [0, 0.1) is 0 Å². The summed E-state index contributed by atoms with van der Waals surface area (Å²) in [6.45, 7) is 6.33. The molecule has 0 amide bonds. The molecule has 1 aromatic carbocycles. The Balaban J connectivity index is 2.74. The first-order chi connectivity index (χ1) is 8.54. The molecule has 1 aromatic rings. The van der Waals surface area contributed by atoms with Gasteiger partial charge in [-0.05, 0) is 30.0 Å². The average molecular weight is 249 g/mol. The van der Waals surface area contributed by atoms with Gasteiger partial charge >= 0.3 is 5.97 Å². The molecule has 0 bridgehead atoms. The summed E-state index contributed by atoms with van der Waals surface area (Å²) >= 11 is 0. The highest BCUT2D eigenvalue weighted by Crippen LogP contribution is 2.19. The summed E-state index contributed by atoms with van der Waals surface area (Å²) in [4.78, 5) is 11.2. The molecular formula is C15H23NO2. The number of nitrogens with one attached hydrogen (secondary N) is 1. The van der Waals surface area contributed by atoms with E-state index in [9.17, 15) is 9.90 Å². The van der Waals surface area contributed by atoms with Crippen LogP contribution >= 0.6 is 0 Å². The van der Waals surface area contributed by atoms with Gasteiger partial charge in [0.05, 0.1) is 0 Å². The van der Waals surface area contributed by atoms with Crippen molar-refractivity contribution in [2.24, 2.45) is 0 Å². The standard InChI is InChI=1S/C15H23NO2/c1-4-5-9-14(15(17)18)16-13-8-6-7-12(10-13)11(2)3/h6-8,10-11,14,16H,4-5,9H2,1-3H3,(H,17,18). The average Bonchev–Trinajstić information content (AvgIpc) is 2.34. The monoisotopic (exact) mass is 249 g/mol. The molecule has 0 aliphatic heterocycles.